The van der Waals surface area contributed by atoms with Gasteiger partial charge in [0.1, 0.15) is 0 Å². The van der Waals surface area contributed by atoms with Gasteiger partial charge in [-0.1, -0.05) is 0 Å². The van der Waals surface area contributed by atoms with Gasteiger partial charge in [0.15, 0.2) is 5.25 Å². The number of hydrogen-bond acceptors (Lipinski definition) is 4. The third-order valence-corrected chi connectivity index (χ3v) is 3.40. The van der Waals surface area contributed by atoms with Gasteiger partial charge in [0, 0.05) is 5.75 Å². The smallest absolute Gasteiger partial charge is 0.324 e. The van der Waals surface area contributed by atoms with E-state index < -0.39 is 21.2 Å². The zero-order valence-electron chi connectivity index (χ0n) is 5.81. The fourth-order valence-electron chi connectivity index (χ4n) is 0.451. The molecule has 0 aromatic heterocycles. The predicted molar refractivity (Wildman–Crippen MR) is 43.3 cm³/mol. The molecule has 0 radical (unpaired) electrons. The van der Waals surface area contributed by atoms with Gasteiger partial charge in [0.2, 0.25) is 10.0 Å². The van der Waals surface area contributed by atoms with E-state index in [1.165, 1.54) is 0 Å². The molecule has 0 aliphatic heterocycles. The summed E-state index contributed by atoms with van der Waals surface area (Å²) in [4.78, 5) is 10.3. The summed E-state index contributed by atoms with van der Waals surface area (Å²) in [6.07, 6.45) is 0. The molecule has 7 heteroatoms. The van der Waals surface area contributed by atoms with Crippen LogP contribution in [0.3, 0.4) is 0 Å². The lowest BCUT2D eigenvalue weighted by atomic mass is 10.5. The number of carbonyl (C=O) groups is 1. The summed E-state index contributed by atoms with van der Waals surface area (Å²) in [5.74, 6) is -1.63. The molecule has 0 rings (SSSR count). The van der Waals surface area contributed by atoms with Gasteiger partial charge in [-0.25, -0.2) is 13.1 Å². The highest BCUT2D eigenvalue weighted by atomic mass is 32.2. The lowest BCUT2D eigenvalue weighted by Crippen LogP contribution is -2.38. The van der Waals surface area contributed by atoms with Crippen LogP contribution in [0.25, 0.3) is 0 Å². The first-order valence-corrected chi connectivity index (χ1v) is 4.89. The zero-order chi connectivity index (χ0) is 9.07. The molecule has 0 spiro atoms. The molecule has 0 aliphatic rings. The summed E-state index contributed by atoms with van der Waals surface area (Å²) in [6.45, 7) is 0. The van der Waals surface area contributed by atoms with Crippen molar-refractivity contribution in [2.75, 3.05) is 12.8 Å². The van der Waals surface area contributed by atoms with Crippen molar-refractivity contribution in [2.45, 2.75) is 5.25 Å². The van der Waals surface area contributed by atoms with Crippen LogP contribution in [-0.4, -0.2) is 37.5 Å². The van der Waals surface area contributed by atoms with Crippen LogP contribution in [0.1, 0.15) is 0 Å². The van der Waals surface area contributed by atoms with Crippen LogP contribution < -0.4 is 4.72 Å². The largest absolute Gasteiger partial charge is 0.480 e. The second-order valence-electron chi connectivity index (χ2n) is 1.76. The maximum Gasteiger partial charge on any atom is 0.324 e. The van der Waals surface area contributed by atoms with Crippen LogP contribution in [0, 0.1) is 0 Å². The summed E-state index contributed by atoms with van der Waals surface area (Å²) in [5.41, 5.74) is 0. The van der Waals surface area contributed by atoms with Crippen molar-refractivity contribution in [1.82, 2.24) is 4.72 Å². The fraction of sp³-hybridized carbons (Fsp3) is 0.750. The summed E-state index contributed by atoms with van der Waals surface area (Å²) in [7, 11) is -2.57. The number of nitrogens with one attached hydrogen (secondary N) is 1. The Hall–Kier alpha value is -0.270. The van der Waals surface area contributed by atoms with Gasteiger partial charge in [0.05, 0.1) is 0 Å². The Balaban J connectivity index is 4.65. The number of carboxylic acid groups (broad SMARTS) is 1. The van der Waals surface area contributed by atoms with Crippen molar-refractivity contribution in [1.29, 1.82) is 0 Å². The molecule has 1 unspecified atom stereocenters. The minimum Gasteiger partial charge on any atom is -0.480 e. The number of rotatable bonds is 4. The van der Waals surface area contributed by atoms with Crippen molar-refractivity contribution in [3.05, 3.63) is 0 Å². The molecule has 2 N–H and O–H groups in total. The Bertz CT molecular complexity index is 234. The lowest BCUT2D eigenvalue weighted by Gasteiger charge is -2.08. The molecule has 0 bridgehead atoms. The lowest BCUT2D eigenvalue weighted by molar-refractivity contribution is -0.136. The van der Waals surface area contributed by atoms with E-state index in [0.29, 0.717) is 0 Å². The molecule has 66 valence electrons. The second kappa shape index (κ2) is 3.93. The maximum absolute atomic E-state index is 10.8. The SMILES string of the molecule is CNS(=O)(=O)C(CS)C(=O)O. The number of aliphatic carboxylic acids is 1. The van der Waals surface area contributed by atoms with Gasteiger partial charge >= 0.3 is 5.97 Å². The first-order chi connectivity index (χ1) is 4.95. The van der Waals surface area contributed by atoms with Gasteiger partial charge in [0.25, 0.3) is 0 Å². The molecule has 11 heavy (non-hydrogen) atoms. The van der Waals surface area contributed by atoms with E-state index in [-0.39, 0.29) is 5.75 Å². The molecule has 5 nitrogen and oxygen atoms in total. The third kappa shape index (κ3) is 2.68. The maximum atomic E-state index is 10.8. The van der Waals surface area contributed by atoms with Gasteiger partial charge in [-0.15, -0.1) is 0 Å². The summed E-state index contributed by atoms with van der Waals surface area (Å²) in [5, 5.41) is 6.90. The van der Waals surface area contributed by atoms with E-state index in [2.05, 4.69) is 12.6 Å². The molecular weight excluding hydrogens is 190 g/mol. The molecule has 0 heterocycles. The molecule has 0 saturated carbocycles. The van der Waals surface area contributed by atoms with E-state index in [9.17, 15) is 13.2 Å². The molecule has 0 aromatic rings. The summed E-state index contributed by atoms with van der Waals surface area (Å²) in [6, 6.07) is 0. The highest BCUT2D eigenvalue weighted by molar-refractivity contribution is 7.92. The molecular formula is C4H9NO4S2. The van der Waals surface area contributed by atoms with Crippen LogP contribution in [0.5, 0.6) is 0 Å². The summed E-state index contributed by atoms with van der Waals surface area (Å²) >= 11 is 3.60. The average molecular weight is 199 g/mol. The quantitative estimate of drug-likeness (QED) is 0.503. The molecule has 0 fully saturated rings. The average Bonchev–Trinajstić information content (AvgIpc) is 1.88. The molecule has 0 saturated heterocycles. The predicted octanol–water partition coefficient (Wildman–Crippen LogP) is -1.08. The van der Waals surface area contributed by atoms with Crippen LogP contribution in [-0.2, 0) is 14.8 Å². The molecule has 1 atom stereocenters. The van der Waals surface area contributed by atoms with Gasteiger partial charge in [-0.2, -0.15) is 12.6 Å². The van der Waals surface area contributed by atoms with E-state index in [4.69, 9.17) is 5.11 Å². The minimum atomic E-state index is -3.74. The monoisotopic (exact) mass is 199 g/mol. The van der Waals surface area contributed by atoms with E-state index in [1.54, 1.807) is 0 Å². The van der Waals surface area contributed by atoms with Crippen LogP contribution in [0.4, 0.5) is 0 Å². The van der Waals surface area contributed by atoms with E-state index in [1.807, 2.05) is 4.72 Å². The summed E-state index contributed by atoms with van der Waals surface area (Å²) < 4.78 is 23.6. The van der Waals surface area contributed by atoms with Crippen LogP contribution in [0.2, 0.25) is 0 Å². The van der Waals surface area contributed by atoms with Crippen molar-refractivity contribution >= 4 is 28.6 Å². The Labute approximate surface area is 70.3 Å². The first-order valence-electron chi connectivity index (χ1n) is 2.71. The highest BCUT2D eigenvalue weighted by Gasteiger charge is 2.29. The van der Waals surface area contributed by atoms with Gasteiger partial charge < -0.3 is 5.11 Å². The molecule has 0 aliphatic carbocycles. The zero-order valence-corrected chi connectivity index (χ0v) is 7.52. The van der Waals surface area contributed by atoms with Crippen molar-refractivity contribution in [3.8, 4) is 0 Å². The van der Waals surface area contributed by atoms with Crippen molar-refractivity contribution in [2.24, 2.45) is 0 Å². The van der Waals surface area contributed by atoms with Crippen molar-refractivity contribution < 1.29 is 18.3 Å². The Morgan fingerprint density at radius 2 is 2.18 bits per heavy atom. The topological polar surface area (TPSA) is 83.5 Å². The Morgan fingerprint density at radius 1 is 1.73 bits per heavy atom. The minimum absolute atomic E-state index is 0.238. The Morgan fingerprint density at radius 3 is 2.27 bits per heavy atom. The standard InChI is InChI=1S/C4H9NO4S2/c1-5-11(8,9)3(2-10)4(6)7/h3,5,10H,2H2,1H3,(H,6,7). The number of sulfonamides is 1. The Kier molecular flexibility index (Phi) is 3.84. The fourth-order valence-corrected chi connectivity index (χ4v) is 1.94. The second-order valence-corrected chi connectivity index (χ2v) is 4.19. The van der Waals surface area contributed by atoms with E-state index >= 15 is 0 Å². The van der Waals surface area contributed by atoms with E-state index in [0.717, 1.165) is 7.05 Å². The number of thiol groups is 1. The molecule has 0 amide bonds. The van der Waals surface area contributed by atoms with Gasteiger partial charge in [-0.05, 0) is 7.05 Å². The third-order valence-electron chi connectivity index (χ3n) is 1.10. The highest BCUT2D eigenvalue weighted by Crippen LogP contribution is 2.00. The van der Waals surface area contributed by atoms with Crippen LogP contribution >= 0.6 is 12.6 Å². The van der Waals surface area contributed by atoms with Crippen LogP contribution in [0.15, 0.2) is 0 Å². The number of carboxylic acids is 1. The van der Waals surface area contributed by atoms with Gasteiger partial charge in [-0.3, -0.25) is 4.79 Å². The molecule has 0 aromatic carbocycles. The first kappa shape index (κ1) is 10.7. The number of hydrogen-bond donors (Lipinski definition) is 3. The normalized spacial score (nSPS) is 14.4. The van der Waals surface area contributed by atoms with Crippen molar-refractivity contribution in [3.63, 3.8) is 0 Å².